The van der Waals surface area contributed by atoms with Crippen LogP contribution in [0.1, 0.15) is 31.2 Å². The van der Waals surface area contributed by atoms with Crippen LogP contribution in [-0.2, 0) is 9.59 Å². The highest BCUT2D eigenvalue weighted by Gasteiger charge is 2.32. The summed E-state index contributed by atoms with van der Waals surface area (Å²) >= 11 is 3.49. The predicted octanol–water partition coefficient (Wildman–Crippen LogP) is 4.27. The van der Waals surface area contributed by atoms with E-state index >= 15 is 0 Å². The molecule has 5 nitrogen and oxygen atoms in total. The van der Waals surface area contributed by atoms with Crippen LogP contribution < -0.4 is 15.0 Å². The lowest BCUT2D eigenvalue weighted by molar-refractivity contribution is -0.123. The second-order valence-corrected chi connectivity index (χ2v) is 7.89. The molecule has 144 valence electrons. The third-order valence-corrected chi connectivity index (χ3v) is 5.77. The van der Waals surface area contributed by atoms with Crippen LogP contribution in [0.3, 0.4) is 0 Å². The van der Waals surface area contributed by atoms with E-state index in [4.69, 9.17) is 4.74 Å². The Bertz CT molecular complexity index is 935. The molecule has 0 atom stereocenters. The number of fused-ring (bicyclic) bond motifs is 1. The lowest BCUT2D eigenvalue weighted by Gasteiger charge is -2.30. The van der Waals surface area contributed by atoms with Gasteiger partial charge in [-0.2, -0.15) is 0 Å². The third kappa shape index (κ3) is 3.97. The van der Waals surface area contributed by atoms with Crippen molar-refractivity contribution in [3.63, 3.8) is 0 Å². The van der Waals surface area contributed by atoms with Crippen molar-refractivity contribution in [3.8, 4) is 5.75 Å². The predicted molar refractivity (Wildman–Crippen MR) is 112 cm³/mol. The molecule has 2 amide bonds. The van der Waals surface area contributed by atoms with E-state index in [1.807, 2.05) is 36.4 Å². The number of nitrogens with one attached hydrogen (secondary N) is 1. The summed E-state index contributed by atoms with van der Waals surface area (Å²) in [6.07, 6.45) is 6.00. The number of benzene rings is 2. The maximum Gasteiger partial charge on any atom is 0.294 e. The monoisotopic (exact) mass is 440 g/mol. The number of rotatable bonds is 4. The number of ether oxygens (including phenoxy) is 1. The normalized spacial score (nSPS) is 18.1. The lowest BCUT2D eigenvalue weighted by atomic mass is 10.1. The smallest absolute Gasteiger partial charge is 0.294 e. The summed E-state index contributed by atoms with van der Waals surface area (Å²) in [5.41, 5.74) is 1.44. The van der Waals surface area contributed by atoms with E-state index in [-0.39, 0.29) is 30.2 Å². The van der Waals surface area contributed by atoms with Gasteiger partial charge < -0.3 is 10.1 Å². The Morgan fingerprint density at radius 2 is 1.86 bits per heavy atom. The fourth-order valence-electron chi connectivity index (χ4n) is 3.64. The number of anilines is 1. The fourth-order valence-corrected chi connectivity index (χ4v) is 4.04. The van der Waals surface area contributed by atoms with Crippen molar-refractivity contribution in [1.82, 2.24) is 5.32 Å². The standard InChI is InChI=1S/C22H21BrN2O3/c23-17-10-4-1-7-15(17)13-20-22(27)25(18-11-5-6-12-19(18)28-20)14-21(26)24-16-8-2-3-9-16/h1,4-7,10-13,16H,2-3,8-9,14H2,(H,24,26)/b20-13+. The topological polar surface area (TPSA) is 58.6 Å². The molecule has 2 aromatic carbocycles. The number of para-hydroxylation sites is 2. The van der Waals surface area contributed by atoms with Gasteiger partial charge in [-0.15, -0.1) is 0 Å². The summed E-state index contributed by atoms with van der Waals surface area (Å²) in [5, 5.41) is 3.05. The van der Waals surface area contributed by atoms with Crippen molar-refractivity contribution in [3.05, 3.63) is 64.3 Å². The molecule has 2 aliphatic rings. The van der Waals surface area contributed by atoms with Crippen LogP contribution in [0.2, 0.25) is 0 Å². The Morgan fingerprint density at radius 3 is 2.64 bits per heavy atom. The number of carbonyl (C=O) groups excluding carboxylic acids is 2. The van der Waals surface area contributed by atoms with Crippen LogP contribution in [0, 0.1) is 0 Å². The fraction of sp³-hybridized carbons (Fsp3) is 0.273. The number of amides is 2. The van der Waals surface area contributed by atoms with Gasteiger partial charge in [-0.05, 0) is 42.7 Å². The van der Waals surface area contributed by atoms with Gasteiger partial charge in [-0.25, -0.2) is 0 Å². The molecule has 1 saturated carbocycles. The van der Waals surface area contributed by atoms with Crippen molar-refractivity contribution in [1.29, 1.82) is 0 Å². The first-order valence-electron chi connectivity index (χ1n) is 9.46. The quantitative estimate of drug-likeness (QED) is 0.721. The molecule has 0 unspecified atom stereocenters. The largest absolute Gasteiger partial charge is 0.449 e. The second-order valence-electron chi connectivity index (χ2n) is 7.04. The molecule has 0 saturated heterocycles. The molecule has 2 aromatic rings. The number of hydrogen-bond donors (Lipinski definition) is 1. The number of hydrogen-bond acceptors (Lipinski definition) is 3. The molecule has 0 bridgehead atoms. The van der Waals surface area contributed by atoms with Crippen LogP contribution in [-0.4, -0.2) is 24.4 Å². The van der Waals surface area contributed by atoms with E-state index in [0.29, 0.717) is 11.4 Å². The molecular formula is C22H21BrN2O3. The zero-order valence-electron chi connectivity index (χ0n) is 15.4. The number of halogens is 1. The summed E-state index contributed by atoms with van der Waals surface area (Å²) in [6.45, 7) is -0.0248. The molecule has 1 fully saturated rings. The first kappa shape index (κ1) is 18.7. The third-order valence-electron chi connectivity index (χ3n) is 5.05. The van der Waals surface area contributed by atoms with Crippen LogP contribution in [0.15, 0.2) is 58.8 Å². The highest BCUT2D eigenvalue weighted by Crippen LogP contribution is 2.36. The Morgan fingerprint density at radius 1 is 1.14 bits per heavy atom. The first-order valence-corrected chi connectivity index (χ1v) is 10.3. The van der Waals surface area contributed by atoms with Gasteiger partial charge in [-0.3, -0.25) is 14.5 Å². The minimum Gasteiger partial charge on any atom is -0.449 e. The maximum atomic E-state index is 13.1. The van der Waals surface area contributed by atoms with Crippen molar-refractivity contribution >= 4 is 39.5 Å². The van der Waals surface area contributed by atoms with Gasteiger partial charge >= 0.3 is 0 Å². The molecule has 0 aromatic heterocycles. The number of nitrogens with zero attached hydrogens (tertiary/aromatic N) is 1. The SMILES string of the molecule is O=C(CN1C(=O)/C(=C\c2ccccc2Br)Oc2ccccc21)NC1CCCC1. The molecule has 1 aliphatic heterocycles. The van der Waals surface area contributed by atoms with Gasteiger partial charge in [0, 0.05) is 10.5 Å². The van der Waals surface area contributed by atoms with Gasteiger partial charge in [0.1, 0.15) is 6.54 Å². The molecule has 1 N–H and O–H groups in total. The first-order chi connectivity index (χ1) is 13.6. The van der Waals surface area contributed by atoms with Crippen molar-refractivity contribution in [2.75, 3.05) is 11.4 Å². The zero-order chi connectivity index (χ0) is 19.5. The van der Waals surface area contributed by atoms with Crippen LogP contribution in [0.5, 0.6) is 5.75 Å². The van der Waals surface area contributed by atoms with E-state index in [2.05, 4.69) is 21.2 Å². The van der Waals surface area contributed by atoms with Crippen LogP contribution >= 0.6 is 15.9 Å². The molecule has 1 heterocycles. The Hall–Kier alpha value is -2.60. The Labute approximate surface area is 172 Å². The highest BCUT2D eigenvalue weighted by molar-refractivity contribution is 9.10. The van der Waals surface area contributed by atoms with E-state index in [9.17, 15) is 9.59 Å². The van der Waals surface area contributed by atoms with Crippen molar-refractivity contribution in [2.24, 2.45) is 0 Å². The van der Waals surface area contributed by atoms with E-state index < -0.39 is 0 Å². The number of carbonyl (C=O) groups is 2. The molecule has 1 aliphatic carbocycles. The molecule has 4 rings (SSSR count). The van der Waals surface area contributed by atoms with Gasteiger partial charge in [0.15, 0.2) is 11.5 Å². The molecule has 6 heteroatoms. The second kappa shape index (κ2) is 8.19. The summed E-state index contributed by atoms with van der Waals surface area (Å²) in [5.74, 6) is 0.293. The van der Waals surface area contributed by atoms with Crippen molar-refractivity contribution < 1.29 is 14.3 Å². The molecular weight excluding hydrogens is 420 g/mol. The van der Waals surface area contributed by atoms with E-state index in [1.165, 1.54) is 4.90 Å². The molecule has 0 spiro atoms. The van der Waals surface area contributed by atoms with Gasteiger partial charge in [0.2, 0.25) is 5.91 Å². The van der Waals surface area contributed by atoms with Crippen LogP contribution in [0.25, 0.3) is 6.08 Å². The average molecular weight is 441 g/mol. The molecule has 0 radical (unpaired) electrons. The average Bonchev–Trinajstić information content (AvgIpc) is 3.19. The zero-order valence-corrected chi connectivity index (χ0v) is 16.9. The van der Waals surface area contributed by atoms with Gasteiger partial charge in [0.25, 0.3) is 5.91 Å². The summed E-state index contributed by atoms with van der Waals surface area (Å²) in [4.78, 5) is 27.2. The highest BCUT2D eigenvalue weighted by atomic mass is 79.9. The van der Waals surface area contributed by atoms with Crippen LogP contribution in [0.4, 0.5) is 5.69 Å². The van der Waals surface area contributed by atoms with E-state index in [1.54, 1.807) is 18.2 Å². The lowest BCUT2D eigenvalue weighted by Crippen LogP contribution is -2.46. The Balaban J connectivity index is 1.61. The summed E-state index contributed by atoms with van der Waals surface area (Å²) < 4.78 is 6.73. The van der Waals surface area contributed by atoms with Gasteiger partial charge in [-0.1, -0.05) is 59.1 Å². The minimum atomic E-state index is -0.323. The van der Waals surface area contributed by atoms with Gasteiger partial charge in [0.05, 0.1) is 5.69 Å². The Kier molecular flexibility index (Phi) is 5.48. The van der Waals surface area contributed by atoms with Crippen molar-refractivity contribution in [2.45, 2.75) is 31.7 Å². The minimum absolute atomic E-state index is 0.0248. The summed E-state index contributed by atoms with van der Waals surface area (Å²) in [6, 6.07) is 15.1. The molecule has 28 heavy (non-hydrogen) atoms. The van der Waals surface area contributed by atoms with E-state index in [0.717, 1.165) is 35.7 Å². The maximum absolute atomic E-state index is 13.1. The summed E-state index contributed by atoms with van der Waals surface area (Å²) in [7, 11) is 0.